The van der Waals surface area contributed by atoms with E-state index in [1.165, 1.54) is 24.6 Å². The minimum Gasteiger partial charge on any atom is -0.486 e. The summed E-state index contributed by atoms with van der Waals surface area (Å²) in [5.74, 6) is 3.30. The number of amides is 1. The molecule has 1 aliphatic heterocycles. The SMILES string of the molecule is CCn1c(SCC(=O)N(Cc2cccs2)c2ccc3c(c2)OCCO3)nnc1C1CC1. The lowest BCUT2D eigenvalue weighted by Crippen LogP contribution is -2.32. The molecule has 1 fully saturated rings. The molecule has 0 N–H and O–H groups in total. The van der Waals surface area contributed by atoms with E-state index in [9.17, 15) is 4.79 Å². The Balaban J connectivity index is 1.36. The van der Waals surface area contributed by atoms with E-state index in [1.54, 1.807) is 11.3 Å². The number of benzene rings is 1. The van der Waals surface area contributed by atoms with Crippen molar-refractivity contribution >= 4 is 34.7 Å². The van der Waals surface area contributed by atoms with Gasteiger partial charge in [-0.05, 0) is 43.3 Å². The third-order valence-corrected chi connectivity index (χ3v) is 7.17. The molecule has 2 aromatic heterocycles. The number of hydrogen-bond donors (Lipinski definition) is 0. The van der Waals surface area contributed by atoms with Gasteiger partial charge < -0.3 is 18.9 Å². The molecule has 2 aliphatic rings. The van der Waals surface area contributed by atoms with Crippen LogP contribution in [0.5, 0.6) is 11.5 Å². The fraction of sp³-hybridized carbons (Fsp3) is 0.409. The van der Waals surface area contributed by atoms with Gasteiger partial charge in [-0.1, -0.05) is 17.8 Å². The minimum absolute atomic E-state index is 0.0219. The van der Waals surface area contributed by atoms with Crippen LogP contribution in [0, 0.1) is 0 Å². The van der Waals surface area contributed by atoms with Gasteiger partial charge in [0.2, 0.25) is 5.91 Å². The van der Waals surface area contributed by atoms with E-state index in [0.717, 1.165) is 33.8 Å². The number of rotatable bonds is 8. The Hall–Kier alpha value is -2.52. The Morgan fingerprint density at radius 3 is 2.81 bits per heavy atom. The van der Waals surface area contributed by atoms with E-state index in [1.807, 2.05) is 40.6 Å². The Bertz CT molecular complexity index is 1060. The first-order valence-electron chi connectivity index (χ1n) is 10.5. The fourth-order valence-corrected chi connectivity index (χ4v) is 5.21. The van der Waals surface area contributed by atoms with Crippen LogP contribution in [-0.4, -0.2) is 39.6 Å². The van der Waals surface area contributed by atoms with Gasteiger partial charge in [-0.3, -0.25) is 4.79 Å². The second kappa shape index (κ2) is 8.92. The molecule has 1 saturated carbocycles. The van der Waals surface area contributed by atoms with Gasteiger partial charge in [-0.2, -0.15) is 0 Å². The number of carbonyl (C=O) groups is 1. The standard InChI is InChI=1S/C22H24N4O3S2/c1-2-25-21(15-5-6-15)23-24-22(25)31-14-20(27)26(13-17-4-3-11-30-17)16-7-8-18-19(12-16)29-10-9-28-18/h3-4,7-8,11-12,15H,2,5-6,9-10,13-14H2,1H3. The van der Waals surface area contributed by atoms with E-state index in [4.69, 9.17) is 9.47 Å². The number of aromatic nitrogens is 3. The summed E-state index contributed by atoms with van der Waals surface area (Å²) >= 11 is 3.10. The Morgan fingerprint density at radius 1 is 1.23 bits per heavy atom. The first-order valence-corrected chi connectivity index (χ1v) is 12.4. The molecular weight excluding hydrogens is 432 g/mol. The van der Waals surface area contributed by atoms with Crippen molar-refractivity contribution < 1.29 is 14.3 Å². The number of hydrogen-bond acceptors (Lipinski definition) is 7. The van der Waals surface area contributed by atoms with Crippen LogP contribution in [0.15, 0.2) is 40.9 Å². The summed E-state index contributed by atoms with van der Waals surface area (Å²) in [6.45, 7) is 4.49. The normalized spacial score (nSPS) is 15.1. The van der Waals surface area contributed by atoms with Gasteiger partial charge in [0.1, 0.15) is 19.0 Å². The van der Waals surface area contributed by atoms with Crippen molar-refractivity contribution in [1.29, 1.82) is 0 Å². The van der Waals surface area contributed by atoms with Crippen LogP contribution < -0.4 is 14.4 Å². The lowest BCUT2D eigenvalue weighted by molar-refractivity contribution is -0.116. The molecule has 0 bridgehead atoms. The van der Waals surface area contributed by atoms with Crippen LogP contribution in [0.1, 0.15) is 36.4 Å². The van der Waals surface area contributed by atoms with Gasteiger partial charge in [0.15, 0.2) is 16.7 Å². The predicted molar refractivity (Wildman–Crippen MR) is 121 cm³/mol. The Kier molecular flexibility index (Phi) is 5.87. The molecule has 31 heavy (non-hydrogen) atoms. The number of nitrogens with zero attached hydrogens (tertiary/aromatic N) is 4. The molecule has 3 heterocycles. The van der Waals surface area contributed by atoms with Gasteiger partial charge in [0, 0.05) is 29.1 Å². The zero-order valence-corrected chi connectivity index (χ0v) is 19.0. The van der Waals surface area contributed by atoms with Crippen molar-refractivity contribution in [2.24, 2.45) is 0 Å². The summed E-state index contributed by atoms with van der Waals surface area (Å²) in [5, 5.41) is 11.6. The molecule has 7 nitrogen and oxygen atoms in total. The van der Waals surface area contributed by atoms with Crippen molar-refractivity contribution in [1.82, 2.24) is 14.8 Å². The van der Waals surface area contributed by atoms with Crippen molar-refractivity contribution in [3.63, 3.8) is 0 Å². The van der Waals surface area contributed by atoms with Crippen LogP contribution in [0.3, 0.4) is 0 Å². The highest BCUT2D eigenvalue weighted by Gasteiger charge is 2.30. The molecule has 5 rings (SSSR count). The maximum absolute atomic E-state index is 13.3. The van der Waals surface area contributed by atoms with Crippen molar-refractivity contribution in [2.45, 2.75) is 43.9 Å². The molecule has 1 aromatic carbocycles. The number of fused-ring (bicyclic) bond motifs is 1. The third-order valence-electron chi connectivity index (χ3n) is 5.36. The molecule has 162 valence electrons. The predicted octanol–water partition coefficient (Wildman–Crippen LogP) is 4.33. The summed E-state index contributed by atoms with van der Waals surface area (Å²) in [7, 11) is 0. The second-order valence-electron chi connectivity index (χ2n) is 7.54. The summed E-state index contributed by atoms with van der Waals surface area (Å²) < 4.78 is 13.5. The summed E-state index contributed by atoms with van der Waals surface area (Å²) in [4.78, 5) is 16.3. The third kappa shape index (κ3) is 4.43. The van der Waals surface area contributed by atoms with E-state index in [-0.39, 0.29) is 5.91 Å². The van der Waals surface area contributed by atoms with Crippen molar-refractivity contribution in [3.05, 3.63) is 46.4 Å². The number of thiophene rings is 1. The molecular formula is C22H24N4O3S2. The molecule has 1 aliphatic carbocycles. The van der Waals surface area contributed by atoms with E-state index < -0.39 is 0 Å². The second-order valence-corrected chi connectivity index (χ2v) is 9.51. The van der Waals surface area contributed by atoms with Crippen LogP contribution in [-0.2, 0) is 17.9 Å². The lowest BCUT2D eigenvalue weighted by atomic mass is 10.2. The van der Waals surface area contributed by atoms with Gasteiger partial charge in [-0.25, -0.2) is 0 Å². The summed E-state index contributed by atoms with van der Waals surface area (Å²) in [6, 6.07) is 9.74. The average molecular weight is 457 g/mol. The molecule has 9 heteroatoms. The zero-order chi connectivity index (χ0) is 21.2. The molecule has 0 spiro atoms. The van der Waals surface area contributed by atoms with Crippen molar-refractivity contribution in [2.75, 3.05) is 23.9 Å². The highest BCUT2D eigenvalue weighted by molar-refractivity contribution is 7.99. The summed E-state index contributed by atoms with van der Waals surface area (Å²) in [6.07, 6.45) is 2.36. The van der Waals surface area contributed by atoms with Crippen LogP contribution in [0.25, 0.3) is 0 Å². The Morgan fingerprint density at radius 2 is 2.06 bits per heavy atom. The molecule has 0 unspecified atom stereocenters. The smallest absolute Gasteiger partial charge is 0.237 e. The average Bonchev–Trinajstić information content (AvgIpc) is 3.35. The zero-order valence-electron chi connectivity index (χ0n) is 17.3. The van der Waals surface area contributed by atoms with Gasteiger partial charge in [-0.15, -0.1) is 21.5 Å². The van der Waals surface area contributed by atoms with E-state index in [2.05, 4.69) is 21.7 Å². The Labute approximate surface area is 189 Å². The first kappa shape index (κ1) is 20.4. The van der Waals surface area contributed by atoms with Gasteiger partial charge in [0.25, 0.3) is 0 Å². The summed E-state index contributed by atoms with van der Waals surface area (Å²) in [5.41, 5.74) is 0.805. The number of carbonyl (C=O) groups excluding carboxylic acids is 1. The van der Waals surface area contributed by atoms with E-state index >= 15 is 0 Å². The first-order chi connectivity index (χ1) is 15.2. The lowest BCUT2D eigenvalue weighted by Gasteiger charge is -2.25. The number of anilines is 1. The molecule has 0 atom stereocenters. The maximum atomic E-state index is 13.3. The number of thioether (sulfide) groups is 1. The van der Waals surface area contributed by atoms with Crippen LogP contribution >= 0.6 is 23.1 Å². The minimum atomic E-state index is 0.0219. The maximum Gasteiger partial charge on any atom is 0.237 e. The highest BCUT2D eigenvalue weighted by Crippen LogP contribution is 2.40. The van der Waals surface area contributed by atoms with Gasteiger partial charge in [0.05, 0.1) is 12.3 Å². The van der Waals surface area contributed by atoms with Crippen LogP contribution in [0.4, 0.5) is 5.69 Å². The topological polar surface area (TPSA) is 69.5 Å². The number of ether oxygens (including phenoxy) is 2. The highest BCUT2D eigenvalue weighted by atomic mass is 32.2. The molecule has 1 amide bonds. The quantitative estimate of drug-likeness (QED) is 0.470. The van der Waals surface area contributed by atoms with Crippen molar-refractivity contribution in [3.8, 4) is 11.5 Å². The van der Waals surface area contributed by atoms with E-state index in [0.29, 0.717) is 37.2 Å². The van der Waals surface area contributed by atoms with Crippen LogP contribution in [0.2, 0.25) is 0 Å². The molecule has 0 saturated heterocycles. The van der Waals surface area contributed by atoms with Gasteiger partial charge >= 0.3 is 0 Å². The fourth-order valence-electron chi connectivity index (χ4n) is 3.63. The molecule has 0 radical (unpaired) electrons. The molecule has 3 aromatic rings. The monoisotopic (exact) mass is 456 g/mol. The largest absolute Gasteiger partial charge is 0.486 e.